The van der Waals surface area contributed by atoms with E-state index in [9.17, 15) is 9.90 Å². The minimum Gasteiger partial charge on any atom is -0.508 e. The Kier molecular flexibility index (Phi) is 6.78. The fourth-order valence-electron chi connectivity index (χ4n) is 4.07. The first-order valence-electron chi connectivity index (χ1n) is 11.3. The van der Waals surface area contributed by atoms with E-state index < -0.39 is 5.91 Å². The number of aromatic hydroxyl groups is 1. The van der Waals surface area contributed by atoms with E-state index in [0.717, 1.165) is 38.2 Å². The first kappa shape index (κ1) is 23.3. The third-order valence-electron chi connectivity index (χ3n) is 5.71. The van der Waals surface area contributed by atoms with Gasteiger partial charge in [0.05, 0.1) is 17.6 Å². The van der Waals surface area contributed by atoms with E-state index in [2.05, 4.69) is 73.5 Å². The summed E-state index contributed by atoms with van der Waals surface area (Å²) in [5, 5.41) is 13.9. The van der Waals surface area contributed by atoms with E-state index in [1.54, 1.807) is 18.3 Å². The summed E-state index contributed by atoms with van der Waals surface area (Å²) in [5.74, 6) is -0.379. The van der Waals surface area contributed by atoms with Crippen LogP contribution in [0, 0.1) is 0 Å². The van der Waals surface area contributed by atoms with Crippen LogP contribution in [0.2, 0.25) is 0 Å². The smallest absolute Gasteiger partial charge is 0.271 e. The summed E-state index contributed by atoms with van der Waals surface area (Å²) in [6.45, 7) is 0. The maximum Gasteiger partial charge on any atom is 0.271 e. The van der Waals surface area contributed by atoms with Gasteiger partial charge in [-0.2, -0.15) is 5.10 Å². The Balaban J connectivity index is 1.63. The van der Waals surface area contributed by atoms with E-state index in [0.29, 0.717) is 5.56 Å². The van der Waals surface area contributed by atoms with Crippen molar-refractivity contribution >= 4 is 28.1 Å². The Bertz CT molecular complexity index is 1530. The van der Waals surface area contributed by atoms with Gasteiger partial charge in [-0.1, -0.05) is 82.7 Å². The molecule has 5 nitrogen and oxygen atoms in total. The van der Waals surface area contributed by atoms with Crippen molar-refractivity contribution in [3.05, 3.63) is 131 Å². The Labute approximate surface area is 217 Å². The zero-order chi connectivity index (χ0) is 24.9. The lowest BCUT2D eigenvalue weighted by Crippen LogP contribution is -2.17. The van der Waals surface area contributed by atoms with Crippen LogP contribution >= 0.6 is 15.9 Å². The van der Waals surface area contributed by atoms with Gasteiger partial charge in [-0.25, -0.2) is 5.43 Å². The van der Waals surface area contributed by atoms with E-state index in [1.807, 2.05) is 48.5 Å². The summed E-state index contributed by atoms with van der Waals surface area (Å²) in [7, 11) is 0. The number of hydrogen-bond donors (Lipinski definition) is 2. The number of nitrogens with one attached hydrogen (secondary N) is 1. The number of carbonyl (C=O) groups is 1. The number of amides is 1. The maximum atomic E-state index is 12.5. The first-order chi connectivity index (χ1) is 17.6. The molecule has 1 amide bonds. The predicted molar refractivity (Wildman–Crippen MR) is 148 cm³/mol. The van der Waals surface area contributed by atoms with Crippen molar-refractivity contribution in [2.24, 2.45) is 5.10 Å². The Hall–Kier alpha value is -4.42. The molecule has 0 radical (unpaired) electrons. The Morgan fingerprint density at radius 3 is 2.14 bits per heavy atom. The van der Waals surface area contributed by atoms with Crippen molar-refractivity contribution < 1.29 is 9.90 Å². The van der Waals surface area contributed by atoms with Gasteiger partial charge in [0, 0.05) is 21.3 Å². The van der Waals surface area contributed by atoms with Crippen LogP contribution in [0.25, 0.3) is 28.2 Å². The number of nitrogens with zero attached hydrogens (tertiary/aromatic N) is 2. The first-order valence-corrected chi connectivity index (χ1v) is 12.1. The molecule has 5 rings (SSSR count). The van der Waals surface area contributed by atoms with Crippen LogP contribution < -0.4 is 5.43 Å². The molecule has 0 atom stereocenters. The molecule has 6 heteroatoms. The molecule has 176 valence electrons. The summed E-state index contributed by atoms with van der Waals surface area (Å²) in [6, 6.07) is 36.7. The van der Waals surface area contributed by atoms with Gasteiger partial charge in [-0.15, -0.1) is 0 Å². The number of phenolic OH excluding ortho intramolecular Hbond substituents is 1. The number of halogens is 1. The molecule has 0 unspecified atom stereocenters. The highest BCUT2D eigenvalue weighted by molar-refractivity contribution is 9.10. The number of carbonyl (C=O) groups excluding carboxylic acids is 1. The quantitative estimate of drug-likeness (QED) is 0.181. The summed E-state index contributed by atoms with van der Waals surface area (Å²) in [4.78, 5) is 12.5. The third kappa shape index (κ3) is 4.99. The molecule has 0 spiro atoms. The molecule has 36 heavy (non-hydrogen) atoms. The number of benzene rings is 4. The lowest BCUT2D eigenvalue weighted by molar-refractivity contribution is 0.0954. The molecule has 0 bridgehead atoms. The van der Waals surface area contributed by atoms with Gasteiger partial charge < -0.3 is 9.67 Å². The zero-order valence-corrected chi connectivity index (χ0v) is 20.8. The number of aromatic nitrogens is 1. The minimum absolute atomic E-state index is 0.0251. The molecule has 2 N–H and O–H groups in total. The van der Waals surface area contributed by atoms with Crippen molar-refractivity contribution in [2.75, 3.05) is 0 Å². The number of hydrazone groups is 1. The molecule has 4 aromatic carbocycles. The van der Waals surface area contributed by atoms with E-state index in [-0.39, 0.29) is 5.75 Å². The summed E-state index contributed by atoms with van der Waals surface area (Å²) in [5.41, 5.74) is 8.77. The molecule has 0 aliphatic carbocycles. The average Bonchev–Trinajstić information content (AvgIpc) is 3.29. The van der Waals surface area contributed by atoms with E-state index in [4.69, 9.17) is 0 Å². The van der Waals surface area contributed by atoms with Crippen LogP contribution in [0.15, 0.2) is 125 Å². The number of hydrogen-bond acceptors (Lipinski definition) is 3. The molecule has 0 saturated heterocycles. The summed E-state index contributed by atoms with van der Waals surface area (Å²) >= 11 is 3.54. The molecule has 1 heterocycles. The van der Waals surface area contributed by atoms with Crippen LogP contribution in [0.1, 0.15) is 15.9 Å². The van der Waals surface area contributed by atoms with Crippen molar-refractivity contribution in [3.8, 4) is 34.0 Å². The maximum absolute atomic E-state index is 12.5. The second kappa shape index (κ2) is 10.5. The van der Waals surface area contributed by atoms with Crippen LogP contribution in [-0.4, -0.2) is 21.8 Å². The van der Waals surface area contributed by atoms with Crippen LogP contribution in [0.3, 0.4) is 0 Å². The van der Waals surface area contributed by atoms with Crippen LogP contribution in [0.5, 0.6) is 5.75 Å². The monoisotopic (exact) mass is 535 g/mol. The lowest BCUT2D eigenvalue weighted by atomic mass is 10.1. The molecular weight excluding hydrogens is 514 g/mol. The van der Waals surface area contributed by atoms with Gasteiger partial charge in [-0.3, -0.25) is 4.79 Å². The highest BCUT2D eigenvalue weighted by atomic mass is 79.9. The normalized spacial score (nSPS) is 11.0. The highest BCUT2D eigenvalue weighted by Crippen LogP contribution is 2.35. The van der Waals surface area contributed by atoms with E-state index in [1.165, 1.54) is 12.1 Å². The molecule has 0 fully saturated rings. The largest absolute Gasteiger partial charge is 0.508 e. The average molecular weight is 536 g/mol. The zero-order valence-electron chi connectivity index (χ0n) is 19.2. The van der Waals surface area contributed by atoms with Gasteiger partial charge in [0.25, 0.3) is 5.91 Å². The summed E-state index contributed by atoms with van der Waals surface area (Å²) < 4.78 is 3.20. The SMILES string of the molecule is O=C(N/N=C/c1cc(-c2ccccc2)n(-c2ccc(Br)cc2)c1-c1ccccc1)c1cccc(O)c1. The van der Waals surface area contributed by atoms with Gasteiger partial charge in [0.1, 0.15) is 5.75 Å². The standard InChI is InChI=1S/C30H22BrN3O2/c31-25-14-16-26(17-15-25)34-28(21-8-3-1-4-9-21)19-24(29(34)22-10-5-2-6-11-22)20-32-33-30(36)23-12-7-13-27(35)18-23/h1-20,35H,(H,33,36)/b32-20+. The fourth-order valence-corrected chi connectivity index (χ4v) is 4.34. The number of phenols is 1. The van der Waals surface area contributed by atoms with Crippen LogP contribution in [0.4, 0.5) is 0 Å². The van der Waals surface area contributed by atoms with Crippen molar-refractivity contribution in [1.29, 1.82) is 0 Å². The minimum atomic E-state index is -0.404. The molecule has 5 aromatic rings. The molecule has 1 aromatic heterocycles. The van der Waals surface area contributed by atoms with Gasteiger partial charge in [-0.05, 0) is 59.7 Å². The lowest BCUT2D eigenvalue weighted by Gasteiger charge is -2.15. The summed E-state index contributed by atoms with van der Waals surface area (Å²) in [6.07, 6.45) is 1.66. The topological polar surface area (TPSA) is 66.6 Å². The second-order valence-electron chi connectivity index (χ2n) is 8.13. The van der Waals surface area contributed by atoms with Crippen molar-refractivity contribution in [2.45, 2.75) is 0 Å². The molecule has 0 aliphatic heterocycles. The fraction of sp³-hybridized carbons (Fsp3) is 0. The van der Waals surface area contributed by atoms with Gasteiger partial charge >= 0.3 is 0 Å². The predicted octanol–water partition coefficient (Wildman–Crippen LogP) is 7.04. The third-order valence-corrected chi connectivity index (χ3v) is 6.24. The highest BCUT2D eigenvalue weighted by Gasteiger charge is 2.18. The molecule has 0 aliphatic rings. The van der Waals surface area contributed by atoms with Gasteiger partial charge in [0.15, 0.2) is 0 Å². The number of rotatable bonds is 6. The Morgan fingerprint density at radius 2 is 1.47 bits per heavy atom. The van der Waals surface area contributed by atoms with Crippen LogP contribution in [-0.2, 0) is 0 Å². The molecular formula is C30H22BrN3O2. The van der Waals surface area contributed by atoms with E-state index >= 15 is 0 Å². The van der Waals surface area contributed by atoms with Crippen molar-refractivity contribution in [1.82, 2.24) is 9.99 Å². The molecule has 0 saturated carbocycles. The van der Waals surface area contributed by atoms with Crippen molar-refractivity contribution in [3.63, 3.8) is 0 Å². The van der Waals surface area contributed by atoms with Gasteiger partial charge in [0.2, 0.25) is 0 Å². The Morgan fingerprint density at radius 1 is 0.806 bits per heavy atom. The second-order valence-corrected chi connectivity index (χ2v) is 9.04.